The van der Waals surface area contributed by atoms with Crippen LogP contribution in [0.2, 0.25) is 0 Å². The quantitative estimate of drug-likeness (QED) is 0.751. The number of allylic oxidation sites excluding steroid dienone is 1. The van der Waals surface area contributed by atoms with Crippen molar-refractivity contribution in [2.75, 3.05) is 0 Å². The Balaban J connectivity index is 2.06. The van der Waals surface area contributed by atoms with Crippen LogP contribution in [0.3, 0.4) is 0 Å². The van der Waals surface area contributed by atoms with Gasteiger partial charge in [-0.2, -0.15) is 5.10 Å². The SMILES string of the molecule is CC(=O)/C=C/c1cnn(Cc2ccccc2)c1. The highest BCUT2D eigenvalue weighted by molar-refractivity contribution is 5.91. The van der Waals surface area contributed by atoms with Crippen LogP contribution < -0.4 is 0 Å². The molecule has 0 aliphatic heterocycles. The third kappa shape index (κ3) is 3.41. The van der Waals surface area contributed by atoms with Gasteiger partial charge in [0.15, 0.2) is 5.78 Å². The predicted octanol–water partition coefficient (Wildman–Crippen LogP) is 2.53. The molecule has 3 heteroatoms. The number of benzene rings is 1. The smallest absolute Gasteiger partial charge is 0.152 e. The minimum atomic E-state index is 0.0424. The zero-order chi connectivity index (χ0) is 12.1. The molecule has 0 aliphatic carbocycles. The molecule has 0 saturated heterocycles. The van der Waals surface area contributed by atoms with Gasteiger partial charge in [-0.1, -0.05) is 30.3 Å². The van der Waals surface area contributed by atoms with E-state index in [9.17, 15) is 4.79 Å². The Morgan fingerprint density at radius 1 is 1.35 bits per heavy atom. The summed E-state index contributed by atoms with van der Waals surface area (Å²) in [6.07, 6.45) is 7.00. The Hall–Kier alpha value is -2.16. The van der Waals surface area contributed by atoms with Crippen LogP contribution in [-0.4, -0.2) is 15.6 Å². The molecule has 0 spiro atoms. The summed E-state index contributed by atoms with van der Waals surface area (Å²) in [6, 6.07) is 10.1. The van der Waals surface area contributed by atoms with E-state index in [2.05, 4.69) is 17.2 Å². The lowest BCUT2D eigenvalue weighted by Crippen LogP contribution is -1.99. The molecule has 2 rings (SSSR count). The van der Waals surface area contributed by atoms with Gasteiger partial charge in [-0.15, -0.1) is 0 Å². The van der Waals surface area contributed by atoms with E-state index in [1.165, 1.54) is 12.5 Å². The first-order chi connectivity index (χ1) is 8.24. The van der Waals surface area contributed by atoms with Gasteiger partial charge in [0.25, 0.3) is 0 Å². The second-order valence-electron chi connectivity index (χ2n) is 3.90. The minimum Gasteiger partial charge on any atom is -0.295 e. The Morgan fingerprint density at radius 3 is 2.82 bits per heavy atom. The molecule has 3 nitrogen and oxygen atoms in total. The van der Waals surface area contributed by atoms with Gasteiger partial charge in [0.2, 0.25) is 0 Å². The van der Waals surface area contributed by atoms with Crippen LogP contribution in [0, 0.1) is 0 Å². The van der Waals surface area contributed by atoms with Crippen molar-refractivity contribution in [2.45, 2.75) is 13.5 Å². The molecule has 0 bridgehead atoms. The van der Waals surface area contributed by atoms with Crippen molar-refractivity contribution >= 4 is 11.9 Å². The van der Waals surface area contributed by atoms with E-state index >= 15 is 0 Å². The predicted molar refractivity (Wildman–Crippen MR) is 67.5 cm³/mol. The Bertz CT molecular complexity index is 526. The van der Waals surface area contributed by atoms with E-state index < -0.39 is 0 Å². The molecule has 1 aromatic heterocycles. The number of hydrogen-bond donors (Lipinski definition) is 0. The third-order valence-electron chi connectivity index (χ3n) is 2.35. The number of ketones is 1. The highest BCUT2D eigenvalue weighted by Gasteiger charge is 1.97. The molecule has 0 aliphatic rings. The Morgan fingerprint density at radius 2 is 2.12 bits per heavy atom. The molecular formula is C14H14N2O. The van der Waals surface area contributed by atoms with E-state index in [1.54, 1.807) is 18.3 Å². The largest absolute Gasteiger partial charge is 0.295 e. The van der Waals surface area contributed by atoms with E-state index in [0.717, 1.165) is 12.1 Å². The molecule has 0 N–H and O–H groups in total. The summed E-state index contributed by atoms with van der Waals surface area (Å²) in [5.74, 6) is 0.0424. The molecule has 1 aromatic carbocycles. The summed E-state index contributed by atoms with van der Waals surface area (Å²) in [7, 11) is 0. The first-order valence-corrected chi connectivity index (χ1v) is 5.49. The number of aromatic nitrogens is 2. The molecule has 0 unspecified atom stereocenters. The summed E-state index contributed by atoms with van der Waals surface area (Å²) in [4.78, 5) is 10.8. The molecule has 0 amide bonds. The Labute approximate surface area is 100 Å². The van der Waals surface area contributed by atoms with Crippen LogP contribution in [0.15, 0.2) is 48.8 Å². The lowest BCUT2D eigenvalue weighted by molar-refractivity contribution is -0.112. The van der Waals surface area contributed by atoms with Gasteiger partial charge in [0.05, 0.1) is 12.7 Å². The normalized spacial score (nSPS) is 10.9. The molecule has 1 heterocycles. The fourth-order valence-corrected chi connectivity index (χ4v) is 1.54. The average Bonchev–Trinajstić information content (AvgIpc) is 2.75. The number of rotatable bonds is 4. The summed E-state index contributed by atoms with van der Waals surface area (Å²) in [5, 5.41) is 4.24. The maximum absolute atomic E-state index is 10.8. The van der Waals surface area contributed by atoms with Crippen LogP contribution in [0.25, 0.3) is 6.08 Å². The molecule has 0 atom stereocenters. The molecular weight excluding hydrogens is 212 g/mol. The second kappa shape index (κ2) is 5.25. The van der Waals surface area contributed by atoms with Gasteiger partial charge in [-0.3, -0.25) is 9.48 Å². The van der Waals surface area contributed by atoms with Crippen LogP contribution in [0.5, 0.6) is 0 Å². The molecule has 0 saturated carbocycles. The van der Waals surface area contributed by atoms with Crippen LogP contribution in [-0.2, 0) is 11.3 Å². The lowest BCUT2D eigenvalue weighted by atomic mass is 10.2. The van der Waals surface area contributed by atoms with Crippen LogP contribution in [0.1, 0.15) is 18.1 Å². The molecule has 2 aromatic rings. The zero-order valence-electron chi connectivity index (χ0n) is 9.71. The van der Waals surface area contributed by atoms with Gasteiger partial charge >= 0.3 is 0 Å². The van der Waals surface area contributed by atoms with Crippen molar-refractivity contribution in [3.05, 3.63) is 59.9 Å². The van der Waals surface area contributed by atoms with E-state index in [-0.39, 0.29) is 5.78 Å². The van der Waals surface area contributed by atoms with Gasteiger partial charge in [-0.05, 0) is 24.6 Å². The minimum absolute atomic E-state index is 0.0424. The summed E-state index contributed by atoms with van der Waals surface area (Å²) >= 11 is 0. The van der Waals surface area contributed by atoms with Crippen LogP contribution >= 0.6 is 0 Å². The second-order valence-corrected chi connectivity index (χ2v) is 3.90. The standard InChI is InChI=1S/C14H14N2O/c1-12(17)7-8-14-9-15-16(11-14)10-13-5-3-2-4-6-13/h2-9,11H,10H2,1H3/b8-7+. The molecule has 17 heavy (non-hydrogen) atoms. The molecule has 0 fully saturated rings. The maximum Gasteiger partial charge on any atom is 0.152 e. The number of carbonyl (C=O) groups excluding carboxylic acids is 1. The molecule has 0 radical (unpaired) electrons. The Kier molecular flexibility index (Phi) is 3.50. The molecule has 86 valence electrons. The van der Waals surface area contributed by atoms with E-state index in [4.69, 9.17) is 0 Å². The van der Waals surface area contributed by atoms with Crippen molar-refractivity contribution in [3.63, 3.8) is 0 Å². The van der Waals surface area contributed by atoms with Gasteiger partial charge in [0, 0.05) is 11.8 Å². The summed E-state index contributed by atoms with van der Waals surface area (Å²) < 4.78 is 1.86. The van der Waals surface area contributed by atoms with E-state index in [1.807, 2.05) is 29.1 Å². The first kappa shape index (κ1) is 11.3. The number of nitrogens with zero attached hydrogens (tertiary/aromatic N) is 2. The van der Waals surface area contributed by atoms with Crippen molar-refractivity contribution in [3.8, 4) is 0 Å². The van der Waals surface area contributed by atoms with Crippen molar-refractivity contribution in [1.29, 1.82) is 0 Å². The first-order valence-electron chi connectivity index (χ1n) is 5.49. The van der Waals surface area contributed by atoms with Gasteiger partial charge in [-0.25, -0.2) is 0 Å². The summed E-state index contributed by atoms with van der Waals surface area (Å²) in [6.45, 7) is 2.28. The zero-order valence-corrected chi connectivity index (χ0v) is 9.71. The average molecular weight is 226 g/mol. The van der Waals surface area contributed by atoms with Crippen LogP contribution in [0.4, 0.5) is 0 Å². The van der Waals surface area contributed by atoms with Crippen molar-refractivity contribution in [2.24, 2.45) is 0 Å². The topological polar surface area (TPSA) is 34.9 Å². The lowest BCUT2D eigenvalue weighted by Gasteiger charge is -2.00. The maximum atomic E-state index is 10.8. The highest BCUT2D eigenvalue weighted by atomic mass is 16.1. The fraction of sp³-hybridized carbons (Fsp3) is 0.143. The monoisotopic (exact) mass is 226 g/mol. The van der Waals surface area contributed by atoms with Gasteiger partial charge in [0.1, 0.15) is 0 Å². The number of hydrogen-bond acceptors (Lipinski definition) is 2. The van der Waals surface area contributed by atoms with E-state index in [0.29, 0.717) is 0 Å². The third-order valence-corrected chi connectivity index (χ3v) is 2.35. The van der Waals surface area contributed by atoms with Gasteiger partial charge < -0.3 is 0 Å². The number of carbonyl (C=O) groups is 1. The summed E-state index contributed by atoms with van der Waals surface area (Å²) in [5.41, 5.74) is 2.15. The van der Waals surface area contributed by atoms with Crippen molar-refractivity contribution < 1.29 is 4.79 Å². The van der Waals surface area contributed by atoms with Crippen molar-refractivity contribution in [1.82, 2.24) is 9.78 Å². The fourth-order valence-electron chi connectivity index (χ4n) is 1.54. The highest BCUT2D eigenvalue weighted by Crippen LogP contribution is 2.05.